The molecule has 1 aliphatic heterocycles. The molecule has 0 aromatic heterocycles. The van der Waals surface area contributed by atoms with Gasteiger partial charge in [-0.15, -0.1) is 0 Å². The van der Waals surface area contributed by atoms with Crippen LogP contribution in [0.25, 0.3) is 0 Å². The number of amides is 1. The summed E-state index contributed by atoms with van der Waals surface area (Å²) in [5.74, 6) is -0.553. The second-order valence-electron chi connectivity index (χ2n) is 5.00. The lowest BCUT2D eigenvalue weighted by Crippen LogP contribution is -2.59. The zero-order chi connectivity index (χ0) is 15.6. The molecule has 3 nitrogen and oxygen atoms in total. The van der Waals surface area contributed by atoms with Crippen LogP contribution in [0.2, 0.25) is 0 Å². The molecule has 1 fully saturated rings. The van der Waals surface area contributed by atoms with E-state index < -0.39 is 17.6 Å². The molecule has 7 heteroatoms. The van der Waals surface area contributed by atoms with Gasteiger partial charge in [0.15, 0.2) is 0 Å². The van der Waals surface area contributed by atoms with Gasteiger partial charge in [0, 0.05) is 24.1 Å². The first-order valence-electron chi connectivity index (χ1n) is 6.73. The van der Waals surface area contributed by atoms with Crippen molar-refractivity contribution in [2.75, 3.05) is 19.6 Å². The van der Waals surface area contributed by atoms with Crippen molar-refractivity contribution >= 4 is 21.8 Å². The molecule has 0 spiro atoms. The summed E-state index contributed by atoms with van der Waals surface area (Å²) < 4.78 is 39.7. The van der Waals surface area contributed by atoms with Crippen molar-refractivity contribution in [1.29, 1.82) is 0 Å². The van der Waals surface area contributed by atoms with E-state index in [0.29, 0.717) is 30.5 Å². The van der Waals surface area contributed by atoms with Crippen LogP contribution in [0.4, 0.5) is 13.2 Å². The molecule has 1 aliphatic rings. The summed E-state index contributed by atoms with van der Waals surface area (Å²) in [5, 5.41) is 3.04. The first-order chi connectivity index (χ1) is 9.84. The maximum Gasteiger partial charge on any atom is 0.417 e. The molecule has 0 bridgehead atoms. The Morgan fingerprint density at radius 2 is 2.10 bits per heavy atom. The van der Waals surface area contributed by atoms with Crippen molar-refractivity contribution in [2.45, 2.75) is 25.6 Å². The minimum absolute atomic E-state index is 0.0258. The van der Waals surface area contributed by atoms with Crippen LogP contribution in [-0.4, -0.2) is 36.5 Å². The van der Waals surface area contributed by atoms with Gasteiger partial charge >= 0.3 is 6.18 Å². The van der Waals surface area contributed by atoms with Crippen molar-refractivity contribution in [1.82, 2.24) is 10.2 Å². The summed E-state index contributed by atoms with van der Waals surface area (Å²) in [5.41, 5.74) is -1.18. The third-order valence-electron chi connectivity index (χ3n) is 3.44. The third-order valence-corrected chi connectivity index (χ3v) is 3.94. The number of carbonyl (C=O) groups is 1. The SMILES string of the molecule is CCCN(C(=O)c1ccc(Br)cc1C(F)(F)F)C1CNC1. The minimum Gasteiger partial charge on any atom is -0.333 e. The largest absolute Gasteiger partial charge is 0.417 e. The summed E-state index contributed by atoms with van der Waals surface area (Å²) in [7, 11) is 0. The maximum absolute atomic E-state index is 13.1. The Balaban J connectivity index is 2.37. The second-order valence-corrected chi connectivity index (χ2v) is 5.91. The van der Waals surface area contributed by atoms with Crippen molar-refractivity contribution in [3.63, 3.8) is 0 Å². The fraction of sp³-hybridized carbons (Fsp3) is 0.500. The highest BCUT2D eigenvalue weighted by Crippen LogP contribution is 2.34. The minimum atomic E-state index is -4.55. The van der Waals surface area contributed by atoms with Gasteiger partial charge in [0.05, 0.1) is 17.2 Å². The fourth-order valence-electron chi connectivity index (χ4n) is 2.28. The molecular formula is C14H16BrF3N2O. The molecule has 1 aromatic carbocycles. The number of carbonyl (C=O) groups excluding carboxylic acids is 1. The number of nitrogens with one attached hydrogen (secondary N) is 1. The van der Waals surface area contributed by atoms with Gasteiger partial charge in [0.2, 0.25) is 0 Å². The number of hydrogen-bond donors (Lipinski definition) is 1. The van der Waals surface area contributed by atoms with Gasteiger partial charge in [-0.3, -0.25) is 4.79 Å². The smallest absolute Gasteiger partial charge is 0.333 e. The number of halogens is 4. The number of nitrogens with zero attached hydrogens (tertiary/aromatic N) is 1. The summed E-state index contributed by atoms with van der Waals surface area (Å²) in [4.78, 5) is 14.1. The highest BCUT2D eigenvalue weighted by Gasteiger charge is 2.38. The summed E-state index contributed by atoms with van der Waals surface area (Å²) in [6, 6.07) is 3.63. The van der Waals surface area contributed by atoms with Crippen LogP contribution in [0.5, 0.6) is 0 Å². The predicted octanol–water partition coefficient (Wildman–Crippen LogP) is 3.29. The Kier molecular flexibility index (Phi) is 4.93. The van der Waals surface area contributed by atoms with E-state index in [0.717, 1.165) is 6.07 Å². The van der Waals surface area contributed by atoms with Gasteiger partial charge in [-0.25, -0.2) is 0 Å². The molecule has 0 saturated carbocycles. The molecule has 0 unspecified atom stereocenters. The molecule has 1 amide bonds. The van der Waals surface area contributed by atoms with Crippen molar-refractivity contribution in [3.05, 3.63) is 33.8 Å². The molecule has 21 heavy (non-hydrogen) atoms. The van der Waals surface area contributed by atoms with E-state index in [1.165, 1.54) is 17.0 Å². The third kappa shape index (κ3) is 3.58. The van der Waals surface area contributed by atoms with Crippen molar-refractivity contribution in [3.8, 4) is 0 Å². The highest BCUT2D eigenvalue weighted by molar-refractivity contribution is 9.10. The van der Waals surface area contributed by atoms with E-state index in [1.54, 1.807) is 0 Å². The average molecular weight is 365 g/mol. The zero-order valence-corrected chi connectivity index (χ0v) is 13.1. The quantitative estimate of drug-likeness (QED) is 0.888. The molecule has 0 atom stereocenters. The van der Waals surface area contributed by atoms with Crippen LogP contribution in [0, 0.1) is 0 Å². The summed E-state index contributed by atoms with van der Waals surface area (Å²) in [6.07, 6.45) is -3.84. The predicted molar refractivity (Wildman–Crippen MR) is 77.1 cm³/mol. The fourth-order valence-corrected chi connectivity index (χ4v) is 2.64. The Hall–Kier alpha value is -1.08. The van der Waals surface area contributed by atoms with Gasteiger partial charge in [-0.05, 0) is 24.6 Å². The standard InChI is InChI=1S/C14H16BrF3N2O/c1-2-5-20(10-7-19-8-10)13(21)11-4-3-9(15)6-12(11)14(16,17)18/h3-4,6,10,19H,2,5,7-8H2,1H3. The lowest BCUT2D eigenvalue weighted by molar-refractivity contribution is -0.138. The zero-order valence-electron chi connectivity index (χ0n) is 11.5. The maximum atomic E-state index is 13.1. The molecule has 2 rings (SSSR count). The van der Waals surface area contributed by atoms with Crippen LogP contribution in [0.3, 0.4) is 0 Å². The Morgan fingerprint density at radius 1 is 1.43 bits per heavy atom. The first-order valence-corrected chi connectivity index (χ1v) is 7.52. The molecular weight excluding hydrogens is 349 g/mol. The second kappa shape index (κ2) is 6.36. The topological polar surface area (TPSA) is 32.3 Å². The Morgan fingerprint density at radius 3 is 2.57 bits per heavy atom. The van der Waals surface area contributed by atoms with Crippen molar-refractivity contribution in [2.24, 2.45) is 0 Å². The number of rotatable bonds is 4. The van der Waals surface area contributed by atoms with Crippen molar-refractivity contribution < 1.29 is 18.0 Å². The normalized spacial score (nSPS) is 15.7. The molecule has 116 valence electrons. The average Bonchev–Trinajstić information content (AvgIpc) is 2.34. The number of alkyl halides is 3. The van der Waals surface area contributed by atoms with Gasteiger partial charge in [0.25, 0.3) is 5.91 Å². The Labute approximate surface area is 129 Å². The first kappa shape index (κ1) is 16.3. The number of hydrogen-bond acceptors (Lipinski definition) is 2. The van der Waals surface area contributed by atoms with Gasteiger partial charge in [-0.2, -0.15) is 13.2 Å². The molecule has 1 heterocycles. The molecule has 1 N–H and O–H groups in total. The lowest BCUT2D eigenvalue weighted by Gasteiger charge is -2.38. The van der Waals surface area contributed by atoms with Crippen LogP contribution >= 0.6 is 15.9 Å². The highest BCUT2D eigenvalue weighted by atomic mass is 79.9. The van der Waals surface area contributed by atoms with E-state index >= 15 is 0 Å². The van der Waals surface area contributed by atoms with E-state index in [-0.39, 0.29) is 11.6 Å². The van der Waals surface area contributed by atoms with E-state index in [4.69, 9.17) is 0 Å². The summed E-state index contributed by atoms with van der Waals surface area (Å²) in [6.45, 7) is 3.62. The van der Waals surface area contributed by atoms with E-state index in [2.05, 4.69) is 21.2 Å². The van der Waals surface area contributed by atoms with Crippen LogP contribution in [0.15, 0.2) is 22.7 Å². The Bertz CT molecular complexity index is 529. The molecule has 0 aliphatic carbocycles. The van der Waals surface area contributed by atoms with Crippen LogP contribution in [-0.2, 0) is 6.18 Å². The van der Waals surface area contributed by atoms with E-state index in [9.17, 15) is 18.0 Å². The number of benzene rings is 1. The van der Waals surface area contributed by atoms with Crippen LogP contribution < -0.4 is 5.32 Å². The molecule has 0 radical (unpaired) electrons. The van der Waals surface area contributed by atoms with E-state index in [1.807, 2.05) is 6.92 Å². The van der Waals surface area contributed by atoms with Crippen LogP contribution in [0.1, 0.15) is 29.3 Å². The lowest BCUT2D eigenvalue weighted by atomic mass is 10.0. The monoisotopic (exact) mass is 364 g/mol. The van der Waals surface area contributed by atoms with Gasteiger partial charge < -0.3 is 10.2 Å². The summed E-state index contributed by atoms with van der Waals surface area (Å²) >= 11 is 3.02. The molecule has 1 saturated heterocycles. The van der Waals surface area contributed by atoms with Gasteiger partial charge in [0.1, 0.15) is 0 Å². The van der Waals surface area contributed by atoms with Gasteiger partial charge in [-0.1, -0.05) is 22.9 Å². The molecule has 1 aromatic rings.